The van der Waals surface area contributed by atoms with Gasteiger partial charge in [-0.1, -0.05) is 48.5 Å². The standard InChI is InChI=1S/C20H21NO2S/c22-20(12-11-16-9-10-16)21-19-8-4-7-18(13-19)15-24(23)14-17-5-2-1-3-6-17/h1-8,11-13,16H,9-10,14-15H2,(H,21,22)/b12-11-/t24-/m0/s1. The van der Waals surface area contributed by atoms with Crippen molar-refractivity contribution in [3.05, 3.63) is 77.9 Å². The highest BCUT2D eigenvalue weighted by molar-refractivity contribution is 7.83. The number of rotatable bonds is 7. The van der Waals surface area contributed by atoms with Crippen LogP contribution in [0.25, 0.3) is 0 Å². The van der Waals surface area contributed by atoms with Gasteiger partial charge in [0.15, 0.2) is 0 Å². The van der Waals surface area contributed by atoms with Gasteiger partial charge in [-0.3, -0.25) is 9.00 Å². The van der Waals surface area contributed by atoms with E-state index in [1.165, 1.54) is 12.8 Å². The summed E-state index contributed by atoms with van der Waals surface area (Å²) in [6, 6.07) is 17.4. The second kappa shape index (κ2) is 8.06. The van der Waals surface area contributed by atoms with Crippen molar-refractivity contribution in [1.82, 2.24) is 0 Å². The van der Waals surface area contributed by atoms with Crippen LogP contribution in [0.5, 0.6) is 0 Å². The van der Waals surface area contributed by atoms with Gasteiger partial charge in [0, 0.05) is 28.0 Å². The molecule has 2 aromatic carbocycles. The number of carbonyl (C=O) groups excluding carboxylic acids is 1. The minimum Gasteiger partial charge on any atom is -0.323 e. The van der Waals surface area contributed by atoms with E-state index in [9.17, 15) is 9.00 Å². The topological polar surface area (TPSA) is 46.2 Å². The van der Waals surface area contributed by atoms with E-state index in [1.54, 1.807) is 6.08 Å². The molecule has 4 heteroatoms. The molecule has 3 nitrogen and oxygen atoms in total. The Hall–Kier alpha value is -2.20. The molecule has 0 bridgehead atoms. The third-order valence-electron chi connectivity index (χ3n) is 3.83. The number of benzene rings is 2. The third kappa shape index (κ3) is 5.46. The zero-order valence-corrected chi connectivity index (χ0v) is 14.3. The summed E-state index contributed by atoms with van der Waals surface area (Å²) in [6.45, 7) is 0. The number of allylic oxidation sites excluding steroid dienone is 1. The highest BCUT2D eigenvalue weighted by Gasteiger charge is 2.17. The Balaban J connectivity index is 1.56. The van der Waals surface area contributed by atoms with Crippen molar-refractivity contribution >= 4 is 22.4 Å². The molecule has 0 aliphatic heterocycles. The van der Waals surface area contributed by atoms with Gasteiger partial charge in [0.25, 0.3) is 0 Å². The Kier molecular flexibility index (Phi) is 5.59. The smallest absolute Gasteiger partial charge is 0.248 e. The molecule has 3 rings (SSSR count). The summed E-state index contributed by atoms with van der Waals surface area (Å²) < 4.78 is 12.3. The molecule has 1 amide bonds. The molecule has 24 heavy (non-hydrogen) atoms. The Morgan fingerprint density at radius 1 is 1.04 bits per heavy atom. The van der Waals surface area contributed by atoms with Crippen LogP contribution in [0.4, 0.5) is 5.69 Å². The summed E-state index contributed by atoms with van der Waals surface area (Å²) in [5.41, 5.74) is 2.79. The van der Waals surface area contributed by atoms with Crippen molar-refractivity contribution in [3.8, 4) is 0 Å². The van der Waals surface area contributed by atoms with Gasteiger partial charge in [-0.05, 0) is 48.1 Å². The molecule has 2 aromatic rings. The molecule has 0 unspecified atom stereocenters. The molecular formula is C20H21NO2S. The highest BCUT2D eigenvalue weighted by atomic mass is 32.2. The monoisotopic (exact) mass is 339 g/mol. The summed E-state index contributed by atoms with van der Waals surface area (Å²) in [5.74, 6) is 1.50. The highest BCUT2D eigenvalue weighted by Crippen LogP contribution is 2.29. The fraction of sp³-hybridized carbons (Fsp3) is 0.250. The van der Waals surface area contributed by atoms with Crippen molar-refractivity contribution in [1.29, 1.82) is 0 Å². The van der Waals surface area contributed by atoms with E-state index in [4.69, 9.17) is 0 Å². The number of carbonyl (C=O) groups is 1. The van der Waals surface area contributed by atoms with Crippen molar-refractivity contribution < 1.29 is 9.00 Å². The lowest BCUT2D eigenvalue weighted by Gasteiger charge is -2.06. The second-order valence-electron chi connectivity index (χ2n) is 6.10. The molecule has 0 heterocycles. The first-order valence-electron chi connectivity index (χ1n) is 8.16. The molecule has 0 aromatic heterocycles. The van der Waals surface area contributed by atoms with E-state index in [1.807, 2.05) is 60.7 Å². The van der Waals surface area contributed by atoms with Crippen molar-refractivity contribution in [2.24, 2.45) is 5.92 Å². The quantitative estimate of drug-likeness (QED) is 0.774. The molecule has 1 N–H and O–H groups in total. The van der Waals surface area contributed by atoms with Crippen LogP contribution in [0.15, 0.2) is 66.7 Å². The average molecular weight is 339 g/mol. The minimum absolute atomic E-state index is 0.107. The number of nitrogens with one attached hydrogen (secondary N) is 1. The molecule has 1 aliphatic rings. The largest absolute Gasteiger partial charge is 0.323 e. The van der Waals surface area contributed by atoms with Gasteiger partial charge in [0.2, 0.25) is 5.91 Å². The van der Waals surface area contributed by atoms with Gasteiger partial charge in [-0.25, -0.2) is 0 Å². The second-order valence-corrected chi connectivity index (χ2v) is 7.56. The molecule has 1 aliphatic carbocycles. The normalized spacial score (nSPS) is 15.3. The van der Waals surface area contributed by atoms with E-state index in [0.717, 1.165) is 16.8 Å². The Morgan fingerprint density at radius 3 is 2.50 bits per heavy atom. The molecule has 0 spiro atoms. The number of hydrogen-bond donors (Lipinski definition) is 1. The fourth-order valence-electron chi connectivity index (χ4n) is 2.43. The van der Waals surface area contributed by atoms with Crippen LogP contribution >= 0.6 is 0 Å². The molecule has 1 fully saturated rings. The molecular weight excluding hydrogens is 318 g/mol. The van der Waals surface area contributed by atoms with E-state index < -0.39 is 10.8 Å². The van der Waals surface area contributed by atoms with E-state index >= 15 is 0 Å². The maximum atomic E-state index is 12.3. The molecule has 1 atom stereocenters. The number of anilines is 1. The summed E-state index contributed by atoms with van der Waals surface area (Å²) in [7, 11) is -0.971. The van der Waals surface area contributed by atoms with Crippen LogP contribution in [0.3, 0.4) is 0 Å². The van der Waals surface area contributed by atoms with Crippen LogP contribution in [-0.4, -0.2) is 10.1 Å². The summed E-state index contributed by atoms with van der Waals surface area (Å²) in [4.78, 5) is 11.9. The van der Waals surface area contributed by atoms with Gasteiger partial charge in [-0.2, -0.15) is 0 Å². The Bertz CT molecular complexity index is 751. The van der Waals surface area contributed by atoms with Gasteiger partial charge < -0.3 is 5.32 Å². The lowest BCUT2D eigenvalue weighted by Crippen LogP contribution is -2.08. The van der Waals surface area contributed by atoms with Crippen LogP contribution in [0, 0.1) is 5.92 Å². The van der Waals surface area contributed by atoms with Gasteiger partial charge >= 0.3 is 0 Å². The van der Waals surface area contributed by atoms with Gasteiger partial charge in [0.1, 0.15) is 0 Å². The van der Waals surface area contributed by atoms with Crippen molar-refractivity contribution in [3.63, 3.8) is 0 Å². The van der Waals surface area contributed by atoms with Crippen LogP contribution < -0.4 is 5.32 Å². The lowest BCUT2D eigenvalue weighted by atomic mass is 10.2. The molecule has 1 saturated carbocycles. The van der Waals surface area contributed by atoms with Crippen molar-refractivity contribution in [2.75, 3.05) is 5.32 Å². The van der Waals surface area contributed by atoms with E-state index in [-0.39, 0.29) is 5.91 Å². The average Bonchev–Trinajstić information content (AvgIpc) is 3.38. The van der Waals surface area contributed by atoms with Gasteiger partial charge in [-0.15, -0.1) is 0 Å². The van der Waals surface area contributed by atoms with Crippen LogP contribution in [0.1, 0.15) is 24.0 Å². The molecule has 0 saturated heterocycles. The van der Waals surface area contributed by atoms with Gasteiger partial charge in [0.05, 0.1) is 0 Å². The maximum Gasteiger partial charge on any atom is 0.248 e. The SMILES string of the molecule is O=C(/C=C\C1CC1)Nc1cccc(C[S@@](=O)Cc2ccccc2)c1. The predicted octanol–water partition coefficient (Wildman–Crippen LogP) is 4.04. The minimum atomic E-state index is -0.971. The first-order valence-corrected chi connectivity index (χ1v) is 9.65. The van der Waals surface area contributed by atoms with Crippen LogP contribution in [0.2, 0.25) is 0 Å². The molecule has 124 valence electrons. The number of hydrogen-bond acceptors (Lipinski definition) is 2. The third-order valence-corrected chi connectivity index (χ3v) is 5.15. The zero-order valence-electron chi connectivity index (χ0n) is 13.5. The summed E-state index contributed by atoms with van der Waals surface area (Å²) in [5, 5.41) is 2.86. The van der Waals surface area contributed by atoms with Crippen molar-refractivity contribution in [2.45, 2.75) is 24.3 Å². The summed E-state index contributed by atoms with van der Waals surface area (Å²) in [6.07, 6.45) is 5.95. The lowest BCUT2D eigenvalue weighted by molar-refractivity contribution is -0.111. The first-order chi connectivity index (χ1) is 11.7. The Morgan fingerprint density at radius 2 is 1.75 bits per heavy atom. The number of amides is 1. The first kappa shape index (κ1) is 16.7. The fourth-order valence-corrected chi connectivity index (χ4v) is 3.65. The van der Waals surface area contributed by atoms with E-state index in [2.05, 4.69) is 5.32 Å². The maximum absolute atomic E-state index is 12.3. The van der Waals surface area contributed by atoms with E-state index in [0.29, 0.717) is 17.4 Å². The predicted molar refractivity (Wildman–Crippen MR) is 98.9 cm³/mol. The summed E-state index contributed by atoms with van der Waals surface area (Å²) >= 11 is 0. The Labute approximate surface area is 145 Å². The van der Waals surface area contributed by atoms with Crippen LogP contribution in [-0.2, 0) is 27.1 Å². The molecule has 0 radical (unpaired) electrons. The zero-order chi connectivity index (χ0) is 16.8.